The molecule has 1 aliphatic heterocycles. The molecule has 5 nitrogen and oxygen atoms in total. The molecule has 0 fully saturated rings. The maximum absolute atomic E-state index is 13.1. The van der Waals surface area contributed by atoms with Crippen LogP contribution in [-0.2, 0) is 0 Å². The zero-order valence-electron chi connectivity index (χ0n) is 15.2. The highest BCUT2D eigenvalue weighted by molar-refractivity contribution is 9.10. The Morgan fingerprint density at radius 2 is 1.86 bits per heavy atom. The van der Waals surface area contributed by atoms with E-state index in [2.05, 4.69) is 20.9 Å². The molecule has 1 atom stereocenters. The van der Waals surface area contributed by atoms with Crippen LogP contribution in [0, 0.1) is 0 Å². The second-order valence-electron chi connectivity index (χ2n) is 6.44. The van der Waals surface area contributed by atoms with Crippen molar-refractivity contribution in [2.45, 2.75) is 12.5 Å². The van der Waals surface area contributed by atoms with E-state index in [1.165, 1.54) is 0 Å². The number of hydrogen-bond donors (Lipinski definition) is 0. The van der Waals surface area contributed by atoms with Crippen LogP contribution in [0.15, 0.2) is 82.6 Å². The zero-order valence-corrected chi connectivity index (χ0v) is 16.8. The second-order valence-corrected chi connectivity index (χ2v) is 7.35. The van der Waals surface area contributed by atoms with Gasteiger partial charge in [-0.2, -0.15) is 5.10 Å². The summed E-state index contributed by atoms with van der Waals surface area (Å²) < 4.78 is 6.26. The first kappa shape index (κ1) is 18.4. The second kappa shape index (κ2) is 7.94. The molecule has 0 spiro atoms. The number of ether oxygens (including phenoxy) is 1. The minimum absolute atomic E-state index is 0.166. The quantitative estimate of drug-likeness (QED) is 0.588. The van der Waals surface area contributed by atoms with Gasteiger partial charge >= 0.3 is 0 Å². The summed E-state index contributed by atoms with van der Waals surface area (Å²) in [5, 5.41) is 6.26. The largest absolute Gasteiger partial charge is 0.497 e. The van der Waals surface area contributed by atoms with E-state index in [9.17, 15) is 4.79 Å². The van der Waals surface area contributed by atoms with Gasteiger partial charge in [0.1, 0.15) is 5.75 Å². The molecule has 0 bridgehead atoms. The fourth-order valence-corrected chi connectivity index (χ4v) is 3.49. The monoisotopic (exact) mass is 435 g/mol. The molecule has 0 unspecified atom stereocenters. The van der Waals surface area contributed by atoms with Crippen LogP contribution in [0.1, 0.15) is 33.9 Å². The molecule has 0 saturated carbocycles. The molecule has 6 heteroatoms. The van der Waals surface area contributed by atoms with E-state index < -0.39 is 0 Å². The van der Waals surface area contributed by atoms with Crippen LogP contribution >= 0.6 is 15.9 Å². The number of hydrogen-bond acceptors (Lipinski definition) is 4. The highest BCUT2D eigenvalue weighted by Gasteiger charge is 2.33. The Morgan fingerprint density at radius 1 is 1.11 bits per heavy atom. The molecule has 0 aliphatic carbocycles. The molecule has 2 heterocycles. The van der Waals surface area contributed by atoms with E-state index in [1.807, 2.05) is 48.5 Å². The lowest BCUT2D eigenvalue weighted by molar-refractivity contribution is 0.0710. The fourth-order valence-electron chi connectivity index (χ4n) is 3.22. The molecular formula is C22H18BrN3O2. The van der Waals surface area contributed by atoms with Crippen molar-refractivity contribution in [1.82, 2.24) is 9.99 Å². The van der Waals surface area contributed by atoms with Crippen molar-refractivity contribution in [1.29, 1.82) is 0 Å². The van der Waals surface area contributed by atoms with Gasteiger partial charge in [-0.05, 0) is 47.5 Å². The Labute approximate surface area is 171 Å². The van der Waals surface area contributed by atoms with Gasteiger partial charge in [-0.15, -0.1) is 0 Å². The number of amides is 1. The molecule has 1 aromatic heterocycles. The third kappa shape index (κ3) is 3.68. The topological polar surface area (TPSA) is 54.8 Å². The Morgan fingerprint density at radius 3 is 2.50 bits per heavy atom. The van der Waals surface area contributed by atoms with E-state index in [0.29, 0.717) is 12.0 Å². The van der Waals surface area contributed by atoms with Crippen molar-refractivity contribution < 1.29 is 9.53 Å². The number of hydrazone groups is 1. The number of benzene rings is 2. The van der Waals surface area contributed by atoms with Crippen molar-refractivity contribution in [2.75, 3.05) is 7.11 Å². The summed E-state index contributed by atoms with van der Waals surface area (Å²) in [4.78, 5) is 17.2. The third-order valence-electron chi connectivity index (χ3n) is 4.70. The minimum atomic E-state index is -0.183. The number of aromatic nitrogens is 1. The van der Waals surface area contributed by atoms with Crippen LogP contribution in [0.3, 0.4) is 0 Å². The summed E-state index contributed by atoms with van der Waals surface area (Å²) in [7, 11) is 1.64. The average Bonchev–Trinajstić information content (AvgIpc) is 3.20. The summed E-state index contributed by atoms with van der Waals surface area (Å²) in [5.74, 6) is 0.613. The summed E-state index contributed by atoms with van der Waals surface area (Å²) in [6.45, 7) is 0. The predicted molar refractivity (Wildman–Crippen MR) is 111 cm³/mol. The number of nitrogens with zero attached hydrogens (tertiary/aromatic N) is 3. The highest BCUT2D eigenvalue weighted by atomic mass is 79.9. The van der Waals surface area contributed by atoms with E-state index in [4.69, 9.17) is 9.84 Å². The van der Waals surface area contributed by atoms with E-state index in [1.54, 1.807) is 36.6 Å². The molecule has 0 saturated heterocycles. The lowest BCUT2D eigenvalue weighted by Crippen LogP contribution is -2.27. The first-order chi connectivity index (χ1) is 13.7. The molecule has 28 heavy (non-hydrogen) atoms. The van der Waals surface area contributed by atoms with Gasteiger partial charge in [-0.3, -0.25) is 9.78 Å². The van der Waals surface area contributed by atoms with E-state index >= 15 is 0 Å². The summed E-state index contributed by atoms with van der Waals surface area (Å²) in [5.41, 5.74) is 3.41. The molecule has 2 aromatic carbocycles. The van der Waals surface area contributed by atoms with Gasteiger partial charge in [0.25, 0.3) is 5.91 Å². The molecule has 1 amide bonds. The van der Waals surface area contributed by atoms with Crippen molar-refractivity contribution in [3.63, 3.8) is 0 Å². The van der Waals surface area contributed by atoms with Crippen LogP contribution in [0.5, 0.6) is 5.75 Å². The van der Waals surface area contributed by atoms with Crippen LogP contribution in [0.2, 0.25) is 0 Å². The Hall–Kier alpha value is -2.99. The normalized spacial score (nSPS) is 16.0. The number of rotatable bonds is 4. The highest BCUT2D eigenvalue weighted by Crippen LogP contribution is 2.34. The Kier molecular flexibility index (Phi) is 5.21. The molecule has 1 aliphatic rings. The smallest absolute Gasteiger partial charge is 0.276 e. The van der Waals surface area contributed by atoms with Gasteiger partial charge in [0, 0.05) is 23.3 Å². The van der Waals surface area contributed by atoms with Crippen molar-refractivity contribution >= 4 is 27.5 Å². The maximum Gasteiger partial charge on any atom is 0.276 e. The van der Waals surface area contributed by atoms with Crippen LogP contribution in [0.4, 0.5) is 0 Å². The van der Waals surface area contributed by atoms with Crippen molar-refractivity contribution in [3.8, 4) is 5.75 Å². The molecule has 4 rings (SSSR count). The molecular weight excluding hydrogens is 418 g/mol. The number of halogens is 1. The summed E-state index contributed by atoms with van der Waals surface area (Å²) >= 11 is 3.46. The first-order valence-corrected chi connectivity index (χ1v) is 9.66. The molecule has 0 radical (unpaired) electrons. The Bertz CT molecular complexity index is 1000. The zero-order chi connectivity index (χ0) is 19.5. The van der Waals surface area contributed by atoms with Gasteiger partial charge < -0.3 is 4.74 Å². The minimum Gasteiger partial charge on any atom is -0.497 e. The lowest BCUT2D eigenvalue weighted by Gasteiger charge is -2.22. The van der Waals surface area contributed by atoms with Gasteiger partial charge in [-0.25, -0.2) is 5.01 Å². The van der Waals surface area contributed by atoms with E-state index in [-0.39, 0.29) is 11.9 Å². The molecule has 3 aromatic rings. The summed E-state index contributed by atoms with van der Waals surface area (Å²) in [6, 6.07) is 19.1. The average molecular weight is 436 g/mol. The maximum atomic E-state index is 13.1. The standard InChI is InChI=1S/C22H18BrN3O2/c1-28-19-10-6-16(7-11-19)21-13-20(15-4-8-18(23)9-5-15)25-26(21)22(27)17-3-2-12-24-14-17/h2-12,14,21H,13H2,1H3/t21-/m1/s1. The van der Waals surface area contributed by atoms with Crippen LogP contribution < -0.4 is 4.74 Å². The predicted octanol–water partition coefficient (Wildman–Crippen LogP) is 4.84. The number of pyridine rings is 1. The fraction of sp³-hybridized carbons (Fsp3) is 0.136. The molecule has 0 N–H and O–H groups in total. The van der Waals surface area contributed by atoms with Crippen LogP contribution in [-0.4, -0.2) is 28.7 Å². The number of carbonyl (C=O) groups is 1. The van der Waals surface area contributed by atoms with Gasteiger partial charge in [0.15, 0.2) is 0 Å². The number of methoxy groups -OCH3 is 1. The number of carbonyl (C=O) groups excluding carboxylic acids is 1. The van der Waals surface area contributed by atoms with Crippen molar-refractivity contribution in [2.24, 2.45) is 5.10 Å². The lowest BCUT2D eigenvalue weighted by atomic mass is 9.98. The van der Waals surface area contributed by atoms with Gasteiger partial charge in [0.05, 0.1) is 24.4 Å². The first-order valence-electron chi connectivity index (χ1n) is 8.86. The Balaban J connectivity index is 1.71. The SMILES string of the molecule is COc1ccc([C@H]2CC(c3ccc(Br)cc3)=NN2C(=O)c2cccnc2)cc1. The van der Waals surface area contributed by atoms with Crippen LogP contribution in [0.25, 0.3) is 0 Å². The summed E-state index contributed by atoms with van der Waals surface area (Å²) in [6.07, 6.45) is 3.86. The molecule has 140 valence electrons. The van der Waals surface area contributed by atoms with Gasteiger partial charge in [0.2, 0.25) is 0 Å². The van der Waals surface area contributed by atoms with Crippen molar-refractivity contribution in [3.05, 3.63) is 94.2 Å². The third-order valence-corrected chi connectivity index (χ3v) is 5.23. The van der Waals surface area contributed by atoms with Gasteiger partial charge in [-0.1, -0.05) is 40.2 Å². The van der Waals surface area contributed by atoms with E-state index in [0.717, 1.165) is 27.1 Å².